The van der Waals surface area contributed by atoms with Gasteiger partial charge in [0.25, 0.3) is 0 Å². The highest BCUT2D eigenvalue weighted by molar-refractivity contribution is 6.80. The quantitative estimate of drug-likeness (QED) is 0.161. The highest BCUT2D eigenvalue weighted by atomic mass is 35.5. The second kappa shape index (κ2) is 9.34. The molecule has 0 amide bonds. The first-order chi connectivity index (χ1) is 18.0. The minimum Gasteiger partial charge on any atom is -0.462 e. The van der Waals surface area contributed by atoms with Gasteiger partial charge in [0.2, 0.25) is 6.10 Å². The molecule has 0 N–H and O–H groups in total. The molecule has 1 unspecified atom stereocenters. The summed E-state index contributed by atoms with van der Waals surface area (Å²) >= 11 is 5.38. The minimum atomic E-state index is -1.42. The molecule has 2 aliphatic carbocycles. The molecule has 0 bridgehead atoms. The third-order valence-electron chi connectivity index (χ3n) is 7.12. The summed E-state index contributed by atoms with van der Waals surface area (Å²) in [6.07, 6.45) is -0.854. The van der Waals surface area contributed by atoms with E-state index >= 15 is 0 Å². The highest BCUT2D eigenvalue weighted by Crippen LogP contribution is 2.45. The summed E-state index contributed by atoms with van der Waals surface area (Å²) in [6, 6.07) is 29.5. The fraction of sp³-hybridized carbons (Fsp3) is 0.129. The monoisotopic (exact) mass is 508 g/mol. The van der Waals surface area contributed by atoms with Crippen molar-refractivity contribution in [3.63, 3.8) is 0 Å². The predicted octanol–water partition coefficient (Wildman–Crippen LogP) is 5.96. The van der Waals surface area contributed by atoms with Crippen molar-refractivity contribution in [2.45, 2.75) is 18.4 Å². The fourth-order valence-corrected chi connectivity index (χ4v) is 5.54. The third-order valence-corrected chi connectivity index (χ3v) is 7.28. The van der Waals surface area contributed by atoms with E-state index in [-0.39, 0.29) is 12.5 Å². The number of esters is 2. The molecule has 0 heterocycles. The van der Waals surface area contributed by atoms with Gasteiger partial charge < -0.3 is 9.47 Å². The SMILES string of the molecule is O=C(Cl)C(=O)OC(C(=O)OCC1c2ccccc2-c2ccccc21)c1cccc2c1Cc1ccccc1-2. The van der Waals surface area contributed by atoms with Gasteiger partial charge in [0.05, 0.1) is 0 Å². The minimum absolute atomic E-state index is 0.0605. The van der Waals surface area contributed by atoms with Gasteiger partial charge in [-0.25, -0.2) is 9.59 Å². The van der Waals surface area contributed by atoms with E-state index in [2.05, 4.69) is 12.1 Å². The van der Waals surface area contributed by atoms with Crippen LogP contribution in [-0.4, -0.2) is 23.8 Å². The van der Waals surface area contributed by atoms with Crippen LogP contribution in [0.15, 0.2) is 91.0 Å². The molecule has 6 rings (SSSR count). The van der Waals surface area contributed by atoms with Crippen LogP contribution in [0.3, 0.4) is 0 Å². The van der Waals surface area contributed by atoms with Crippen molar-refractivity contribution in [2.75, 3.05) is 6.61 Å². The zero-order valence-corrected chi connectivity index (χ0v) is 20.4. The molecule has 0 fully saturated rings. The molecular weight excluding hydrogens is 488 g/mol. The van der Waals surface area contributed by atoms with Crippen LogP contribution in [0.4, 0.5) is 0 Å². The van der Waals surface area contributed by atoms with E-state index in [1.165, 1.54) is 0 Å². The standard InChI is InChI=1S/C31H21ClO5/c32-29(33)31(35)37-28(25-15-7-14-20-19-9-2-1-8-18(19)16-26(20)25)30(34)36-17-27-23-12-5-3-10-21(23)22-11-4-6-13-24(22)27/h1-15,27-28H,16-17H2. The Balaban J connectivity index is 1.32. The number of carbonyl (C=O) groups excluding carboxylic acids is 3. The van der Waals surface area contributed by atoms with E-state index in [0.29, 0.717) is 12.0 Å². The maximum atomic E-state index is 13.5. The molecule has 37 heavy (non-hydrogen) atoms. The second-order valence-corrected chi connectivity index (χ2v) is 9.47. The number of halogens is 1. The van der Waals surface area contributed by atoms with Gasteiger partial charge >= 0.3 is 17.2 Å². The Morgan fingerprint density at radius 3 is 2.03 bits per heavy atom. The molecule has 182 valence electrons. The normalized spacial score (nSPS) is 13.6. The van der Waals surface area contributed by atoms with Gasteiger partial charge in [-0.2, -0.15) is 0 Å². The average molecular weight is 509 g/mol. The maximum absolute atomic E-state index is 13.5. The molecule has 0 saturated carbocycles. The topological polar surface area (TPSA) is 69.7 Å². The van der Waals surface area contributed by atoms with Crippen LogP contribution in [0, 0.1) is 0 Å². The second-order valence-electron chi connectivity index (χ2n) is 9.12. The molecule has 0 radical (unpaired) electrons. The Morgan fingerprint density at radius 2 is 1.35 bits per heavy atom. The maximum Gasteiger partial charge on any atom is 0.392 e. The van der Waals surface area contributed by atoms with Gasteiger partial charge in [-0.15, -0.1) is 0 Å². The summed E-state index contributed by atoms with van der Waals surface area (Å²) in [5.74, 6) is -2.21. The van der Waals surface area contributed by atoms with E-state index in [4.69, 9.17) is 21.1 Å². The smallest absolute Gasteiger partial charge is 0.392 e. The van der Waals surface area contributed by atoms with E-state index < -0.39 is 23.3 Å². The van der Waals surface area contributed by atoms with Crippen LogP contribution >= 0.6 is 11.6 Å². The molecule has 1 atom stereocenters. The Kier molecular flexibility index (Phi) is 5.85. The highest BCUT2D eigenvalue weighted by Gasteiger charge is 2.35. The molecule has 0 spiro atoms. The number of hydrogen-bond donors (Lipinski definition) is 0. The molecule has 0 aliphatic heterocycles. The third kappa shape index (κ3) is 4.02. The van der Waals surface area contributed by atoms with Gasteiger partial charge in [0.1, 0.15) is 6.61 Å². The number of ether oxygens (including phenoxy) is 2. The fourth-order valence-electron chi connectivity index (χ4n) is 5.50. The first-order valence-corrected chi connectivity index (χ1v) is 12.4. The zero-order chi connectivity index (χ0) is 25.5. The summed E-state index contributed by atoms with van der Waals surface area (Å²) in [6.45, 7) is 0.0605. The number of benzene rings is 4. The van der Waals surface area contributed by atoms with E-state index in [9.17, 15) is 14.4 Å². The largest absolute Gasteiger partial charge is 0.462 e. The van der Waals surface area contributed by atoms with E-state index in [0.717, 1.165) is 44.5 Å². The lowest BCUT2D eigenvalue weighted by atomic mass is 9.96. The van der Waals surface area contributed by atoms with Crippen molar-refractivity contribution in [2.24, 2.45) is 0 Å². The Morgan fingerprint density at radius 1 is 0.757 bits per heavy atom. The van der Waals surface area contributed by atoms with E-state index in [1.54, 1.807) is 12.1 Å². The van der Waals surface area contributed by atoms with Crippen molar-refractivity contribution >= 4 is 28.8 Å². The van der Waals surface area contributed by atoms with Crippen molar-refractivity contribution in [1.29, 1.82) is 0 Å². The van der Waals surface area contributed by atoms with Crippen LogP contribution in [-0.2, 0) is 30.3 Å². The van der Waals surface area contributed by atoms with Crippen molar-refractivity contribution in [3.8, 4) is 22.3 Å². The molecule has 0 saturated heterocycles. The van der Waals surface area contributed by atoms with E-state index in [1.807, 2.05) is 66.7 Å². The van der Waals surface area contributed by atoms with Crippen LogP contribution in [0.25, 0.3) is 22.3 Å². The van der Waals surface area contributed by atoms with Crippen molar-refractivity contribution in [3.05, 3.63) is 119 Å². The molecule has 5 nitrogen and oxygen atoms in total. The number of hydrogen-bond acceptors (Lipinski definition) is 5. The van der Waals surface area contributed by atoms with Gasteiger partial charge in [-0.1, -0.05) is 91.0 Å². The van der Waals surface area contributed by atoms with Crippen LogP contribution in [0.1, 0.15) is 39.8 Å². The summed E-state index contributed by atoms with van der Waals surface area (Å²) < 4.78 is 11.1. The lowest BCUT2D eigenvalue weighted by Gasteiger charge is -2.21. The van der Waals surface area contributed by atoms with Gasteiger partial charge in [0, 0.05) is 11.5 Å². The van der Waals surface area contributed by atoms with Gasteiger partial charge in [0.15, 0.2) is 0 Å². The first kappa shape index (κ1) is 23.2. The van der Waals surface area contributed by atoms with Crippen LogP contribution < -0.4 is 0 Å². The molecular formula is C31H21ClO5. The molecule has 4 aromatic rings. The average Bonchev–Trinajstić information content (AvgIpc) is 3.46. The molecule has 2 aliphatic rings. The summed E-state index contributed by atoms with van der Waals surface area (Å²) in [5.41, 5.74) is 8.81. The summed E-state index contributed by atoms with van der Waals surface area (Å²) in [4.78, 5) is 37.3. The van der Waals surface area contributed by atoms with Gasteiger partial charge in [-0.3, -0.25) is 4.79 Å². The first-order valence-electron chi connectivity index (χ1n) is 12.0. The van der Waals surface area contributed by atoms with Crippen LogP contribution in [0.5, 0.6) is 0 Å². The Labute approximate surface area is 218 Å². The molecule has 0 aromatic heterocycles. The summed E-state index contributed by atoms with van der Waals surface area (Å²) in [5, 5.41) is -1.30. The Hall–Kier alpha value is -4.22. The number of rotatable bonds is 6. The predicted molar refractivity (Wildman–Crippen MR) is 139 cm³/mol. The summed E-state index contributed by atoms with van der Waals surface area (Å²) in [7, 11) is 0. The molecule has 4 aromatic carbocycles. The zero-order valence-electron chi connectivity index (χ0n) is 19.6. The number of carbonyl (C=O) groups is 3. The van der Waals surface area contributed by atoms with Crippen molar-refractivity contribution in [1.82, 2.24) is 0 Å². The number of fused-ring (bicyclic) bond motifs is 6. The lowest BCUT2D eigenvalue weighted by Crippen LogP contribution is -2.26. The van der Waals surface area contributed by atoms with Gasteiger partial charge in [-0.05, 0) is 62.5 Å². The molecule has 6 heteroatoms. The lowest BCUT2D eigenvalue weighted by molar-refractivity contribution is -0.169. The Bertz CT molecular complexity index is 1530. The van der Waals surface area contributed by atoms with Crippen molar-refractivity contribution < 1.29 is 23.9 Å². The van der Waals surface area contributed by atoms with Crippen LogP contribution in [0.2, 0.25) is 0 Å².